The number of carbonyl (C=O) groups excluding carboxylic acids is 3. The van der Waals surface area contributed by atoms with Gasteiger partial charge in [0.15, 0.2) is 0 Å². The number of urea groups is 1. The lowest BCUT2D eigenvalue weighted by atomic mass is 9.97. The number of esters is 1. The monoisotopic (exact) mass is 356 g/mol. The molecule has 0 aliphatic carbocycles. The second kappa shape index (κ2) is 8.62. The Kier molecular flexibility index (Phi) is 7.37. The van der Waals surface area contributed by atoms with E-state index in [0.29, 0.717) is 19.5 Å². The molecule has 1 heterocycles. The summed E-state index contributed by atoms with van der Waals surface area (Å²) < 4.78 is 5.41. The number of rotatable bonds is 10. The number of hydrogen-bond acceptors (Lipinski definition) is 6. The number of likely N-dealkylation sites (N-methyl/N-ethyl adjacent to an activating group) is 2. The van der Waals surface area contributed by atoms with Crippen molar-refractivity contribution in [3.8, 4) is 0 Å². The van der Waals surface area contributed by atoms with E-state index in [1.807, 2.05) is 39.6 Å². The highest BCUT2D eigenvalue weighted by molar-refractivity contribution is 6.08. The summed E-state index contributed by atoms with van der Waals surface area (Å²) in [5.74, 6) is -0.890. The minimum atomic E-state index is -1.26. The molecule has 1 atom stereocenters. The van der Waals surface area contributed by atoms with Crippen molar-refractivity contribution in [1.82, 2.24) is 20.4 Å². The Hall–Kier alpha value is -1.67. The maximum atomic E-state index is 12.7. The van der Waals surface area contributed by atoms with Gasteiger partial charge in [0.2, 0.25) is 0 Å². The van der Waals surface area contributed by atoms with Crippen LogP contribution in [-0.4, -0.2) is 72.2 Å². The van der Waals surface area contributed by atoms with Gasteiger partial charge >= 0.3 is 12.0 Å². The van der Waals surface area contributed by atoms with E-state index >= 15 is 0 Å². The quantitative estimate of drug-likeness (QED) is 0.447. The molecule has 8 nitrogen and oxygen atoms in total. The van der Waals surface area contributed by atoms with Crippen LogP contribution in [0.25, 0.3) is 0 Å². The summed E-state index contributed by atoms with van der Waals surface area (Å²) in [6, 6.07) is -0.474. The zero-order chi connectivity index (χ0) is 19.3. The van der Waals surface area contributed by atoms with Crippen LogP contribution < -0.4 is 10.6 Å². The first kappa shape index (κ1) is 21.4. The molecule has 0 aromatic rings. The van der Waals surface area contributed by atoms with Crippen molar-refractivity contribution in [3.63, 3.8) is 0 Å². The average molecular weight is 356 g/mol. The third-order valence-corrected chi connectivity index (χ3v) is 4.55. The normalized spacial score (nSPS) is 21.0. The lowest BCUT2D eigenvalue weighted by Gasteiger charge is -2.27. The number of carbonyl (C=O) groups is 3. The number of nitrogens with one attached hydrogen (secondary N) is 2. The van der Waals surface area contributed by atoms with E-state index in [0.717, 1.165) is 11.4 Å². The molecular formula is C17H32N4O4. The summed E-state index contributed by atoms with van der Waals surface area (Å²) in [5.41, 5.74) is -1.86. The van der Waals surface area contributed by atoms with E-state index in [9.17, 15) is 14.4 Å². The number of amides is 3. The first-order chi connectivity index (χ1) is 11.6. The minimum absolute atomic E-state index is 0.180. The first-order valence-corrected chi connectivity index (χ1v) is 8.81. The fraction of sp³-hybridized carbons (Fsp3) is 0.824. The van der Waals surface area contributed by atoms with Crippen LogP contribution in [0.2, 0.25) is 0 Å². The van der Waals surface area contributed by atoms with Gasteiger partial charge in [0.05, 0.1) is 13.1 Å². The van der Waals surface area contributed by atoms with Crippen LogP contribution in [-0.2, 0) is 14.3 Å². The topological polar surface area (TPSA) is 91.0 Å². The molecule has 0 saturated carbocycles. The molecule has 1 aliphatic heterocycles. The second-order valence-corrected chi connectivity index (χ2v) is 7.22. The Morgan fingerprint density at radius 2 is 2.00 bits per heavy atom. The van der Waals surface area contributed by atoms with Crippen LogP contribution in [0.4, 0.5) is 4.79 Å². The van der Waals surface area contributed by atoms with Crippen LogP contribution in [0.15, 0.2) is 0 Å². The average Bonchev–Trinajstić information content (AvgIpc) is 2.73. The third kappa shape index (κ3) is 5.67. The van der Waals surface area contributed by atoms with Crippen LogP contribution in [0, 0.1) is 0 Å². The molecule has 1 saturated heterocycles. The number of nitrogens with zero attached hydrogens (tertiary/aromatic N) is 2. The van der Waals surface area contributed by atoms with Crippen molar-refractivity contribution in [2.75, 3.05) is 33.4 Å². The summed E-state index contributed by atoms with van der Waals surface area (Å²) in [4.78, 5) is 40.3. The van der Waals surface area contributed by atoms with Gasteiger partial charge in [-0.1, -0.05) is 13.8 Å². The van der Waals surface area contributed by atoms with Gasteiger partial charge < -0.3 is 15.4 Å². The Bertz CT molecular complexity index is 509. The maximum absolute atomic E-state index is 12.7. The molecule has 144 valence electrons. The van der Waals surface area contributed by atoms with Crippen LogP contribution in [0.5, 0.6) is 0 Å². The van der Waals surface area contributed by atoms with Gasteiger partial charge in [-0.15, -0.1) is 0 Å². The molecule has 1 rings (SSSR count). The molecule has 0 bridgehead atoms. The fourth-order valence-electron chi connectivity index (χ4n) is 2.50. The van der Waals surface area contributed by atoms with Gasteiger partial charge in [0.1, 0.15) is 11.1 Å². The highest BCUT2D eigenvalue weighted by Crippen LogP contribution is 2.24. The zero-order valence-corrected chi connectivity index (χ0v) is 16.3. The first-order valence-electron chi connectivity index (χ1n) is 8.81. The molecule has 2 N–H and O–H groups in total. The van der Waals surface area contributed by atoms with Gasteiger partial charge in [-0.25, -0.2) is 9.69 Å². The smallest absolute Gasteiger partial charge is 0.326 e. The van der Waals surface area contributed by atoms with Crippen molar-refractivity contribution < 1.29 is 19.1 Å². The standard InChI is InChI=1S/C17H32N4O4/c1-7-16(3,4)25-13(22)11-17(5)14(23)21(15(24)19-17)12-20(8-2)10-9-18-6/h18H,7-12H2,1-6H3,(H,19,24). The molecule has 1 fully saturated rings. The van der Waals surface area contributed by atoms with Crippen LogP contribution in [0.1, 0.15) is 47.5 Å². The second-order valence-electron chi connectivity index (χ2n) is 7.22. The van der Waals surface area contributed by atoms with Crippen molar-refractivity contribution in [3.05, 3.63) is 0 Å². The van der Waals surface area contributed by atoms with E-state index in [1.165, 1.54) is 0 Å². The van der Waals surface area contributed by atoms with Gasteiger partial charge in [0, 0.05) is 13.1 Å². The van der Waals surface area contributed by atoms with Crippen LogP contribution in [0.3, 0.4) is 0 Å². The summed E-state index contributed by atoms with van der Waals surface area (Å²) in [7, 11) is 1.85. The molecule has 1 unspecified atom stereocenters. The molecule has 25 heavy (non-hydrogen) atoms. The fourth-order valence-corrected chi connectivity index (χ4v) is 2.50. The van der Waals surface area contributed by atoms with E-state index < -0.39 is 29.0 Å². The number of ether oxygens (including phenoxy) is 1. The molecular weight excluding hydrogens is 324 g/mol. The van der Waals surface area contributed by atoms with E-state index in [-0.39, 0.29) is 13.1 Å². The Labute approximate surface area is 150 Å². The highest BCUT2D eigenvalue weighted by Gasteiger charge is 2.49. The van der Waals surface area contributed by atoms with E-state index in [4.69, 9.17) is 4.74 Å². The highest BCUT2D eigenvalue weighted by atomic mass is 16.6. The summed E-state index contributed by atoms with van der Waals surface area (Å²) in [5, 5.41) is 5.69. The lowest BCUT2D eigenvalue weighted by molar-refractivity contribution is -0.159. The molecule has 0 spiro atoms. The van der Waals surface area contributed by atoms with Gasteiger partial charge in [-0.3, -0.25) is 14.5 Å². The van der Waals surface area contributed by atoms with Crippen molar-refractivity contribution in [1.29, 1.82) is 0 Å². The zero-order valence-electron chi connectivity index (χ0n) is 16.3. The Balaban J connectivity index is 2.75. The van der Waals surface area contributed by atoms with Crippen molar-refractivity contribution in [2.45, 2.75) is 58.6 Å². The molecule has 1 aliphatic rings. The number of imide groups is 1. The summed E-state index contributed by atoms with van der Waals surface area (Å²) in [6.07, 6.45) is 0.485. The molecule has 0 aromatic carbocycles. The van der Waals surface area contributed by atoms with Crippen molar-refractivity contribution in [2.24, 2.45) is 0 Å². The van der Waals surface area contributed by atoms with Crippen molar-refractivity contribution >= 4 is 17.9 Å². The number of hydrogen-bond donors (Lipinski definition) is 2. The maximum Gasteiger partial charge on any atom is 0.326 e. The molecule has 8 heteroatoms. The Morgan fingerprint density at radius 3 is 2.52 bits per heavy atom. The molecule has 0 aromatic heterocycles. The lowest BCUT2D eigenvalue weighted by Crippen LogP contribution is -2.48. The predicted octanol–water partition coefficient (Wildman–Crippen LogP) is 0.918. The largest absolute Gasteiger partial charge is 0.460 e. The Morgan fingerprint density at radius 1 is 1.36 bits per heavy atom. The van der Waals surface area contributed by atoms with Gasteiger partial charge in [0.25, 0.3) is 5.91 Å². The third-order valence-electron chi connectivity index (χ3n) is 4.55. The molecule has 0 radical (unpaired) electrons. The van der Waals surface area contributed by atoms with Gasteiger partial charge in [-0.05, 0) is 40.8 Å². The summed E-state index contributed by atoms with van der Waals surface area (Å²) in [6.45, 7) is 11.5. The summed E-state index contributed by atoms with van der Waals surface area (Å²) >= 11 is 0. The minimum Gasteiger partial charge on any atom is -0.460 e. The molecule has 3 amide bonds. The van der Waals surface area contributed by atoms with Crippen LogP contribution >= 0.6 is 0 Å². The van der Waals surface area contributed by atoms with E-state index in [1.54, 1.807) is 6.92 Å². The predicted molar refractivity (Wildman–Crippen MR) is 94.9 cm³/mol. The van der Waals surface area contributed by atoms with Gasteiger partial charge in [-0.2, -0.15) is 0 Å². The van der Waals surface area contributed by atoms with E-state index in [2.05, 4.69) is 10.6 Å². The SMILES string of the molecule is CCN(CCNC)CN1C(=O)NC(C)(CC(=O)OC(C)(C)CC)C1=O.